The van der Waals surface area contributed by atoms with Crippen molar-refractivity contribution >= 4 is 33.4 Å². The van der Waals surface area contributed by atoms with Gasteiger partial charge in [0.2, 0.25) is 0 Å². The average molecular weight is 898 g/mol. The van der Waals surface area contributed by atoms with Crippen LogP contribution in [0.1, 0.15) is 174 Å². The van der Waals surface area contributed by atoms with Crippen molar-refractivity contribution < 1.29 is 66.3 Å². The normalized spacial score (nSPS) is 20.4. The number of phosphoric acid groups is 2. The molecule has 2 unspecified atom stereocenters. The van der Waals surface area contributed by atoms with Crippen molar-refractivity contribution in [2.45, 2.75) is 199 Å². The third kappa shape index (κ3) is 23.8. The highest BCUT2D eigenvalue weighted by molar-refractivity contribution is 7.61. The molecule has 60 heavy (non-hydrogen) atoms. The molecular weight excluding hydrogens is 824 g/mol. The fourth-order valence-corrected chi connectivity index (χ4v) is 8.84. The second kappa shape index (κ2) is 30.7. The number of nitrogen functional groups attached to an aromatic ring is 1. The molecule has 1 aliphatic rings. The lowest BCUT2D eigenvalue weighted by molar-refractivity contribution is -0.161. The number of phosphoric ester groups is 2. The van der Waals surface area contributed by atoms with Gasteiger partial charge < -0.3 is 39.9 Å². The van der Waals surface area contributed by atoms with Crippen molar-refractivity contribution in [3.8, 4) is 0 Å². The van der Waals surface area contributed by atoms with E-state index in [-0.39, 0.29) is 18.7 Å². The highest BCUT2D eigenvalue weighted by Gasteiger charge is 2.46. The van der Waals surface area contributed by atoms with E-state index in [1.165, 1.54) is 83.1 Å². The van der Waals surface area contributed by atoms with Gasteiger partial charge in [0.15, 0.2) is 12.3 Å². The molecule has 0 amide bonds. The lowest BCUT2D eigenvalue weighted by atomic mass is 10.1. The van der Waals surface area contributed by atoms with E-state index in [1.54, 1.807) is 0 Å². The Kier molecular flexibility index (Phi) is 27.6. The standard InChI is InChI=1S/C40H73N3O15P2/c1-3-5-7-9-11-13-15-17-19-21-23-25-35(44)53-29-32(56-36(45)26-24-22-20-18-16-14-12-10-8-6-4-2)30-54-59(49,50)58-60(51,52)55-31-33-37(46)38(47)39(57-33)43-28-27-34(41)42-40(43)48/h27-28,32-33,37-39,46-47H,3-26,29-31H2,1-2H3,(H,49,50)(H,51,52)(H2,41,42,48)/t32-,33+,37+,38+,39+/m1/s1. The zero-order valence-corrected chi connectivity index (χ0v) is 37.6. The Balaban J connectivity index is 1.85. The highest BCUT2D eigenvalue weighted by atomic mass is 31.3. The van der Waals surface area contributed by atoms with Crippen LogP contribution in [-0.2, 0) is 46.3 Å². The van der Waals surface area contributed by atoms with Gasteiger partial charge in [0, 0.05) is 19.0 Å². The molecule has 0 radical (unpaired) electrons. The lowest BCUT2D eigenvalue weighted by Gasteiger charge is -2.21. The zero-order chi connectivity index (χ0) is 44.2. The van der Waals surface area contributed by atoms with Crippen LogP contribution in [0.5, 0.6) is 0 Å². The molecule has 6 N–H and O–H groups in total. The topological polar surface area (TPSA) is 265 Å². The molecule has 1 saturated heterocycles. The molecule has 1 aliphatic heterocycles. The molecule has 18 nitrogen and oxygen atoms in total. The molecule has 0 aromatic carbocycles. The first-order valence-electron chi connectivity index (χ1n) is 22.0. The second-order valence-corrected chi connectivity index (χ2v) is 18.6. The van der Waals surface area contributed by atoms with Crippen molar-refractivity contribution in [2.75, 3.05) is 25.6 Å². The first-order valence-corrected chi connectivity index (χ1v) is 25.0. The number of anilines is 1. The molecule has 2 rings (SSSR count). The second-order valence-electron chi connectivity index (χ2n) is 15.6. The molecule has 1 aromatic heterocycles. The Labute approximate surface area is 355 Å². The Morgan fingerprint density at radius 2 is 1.20 bits per heavy atom. The number of aliphatic hydroxyl groups is 2. The van der Waals surface area contributed by atoms with Crippen LogP contribution in [0, 0.1) is 0 Å². The van der Waals surface area contributed by atoms with E-state index >= 15 is 0 Å². The number of aliphatic hydroxyl groups excluding tert-OH is 2. The number of ether oxygens (including phenoxy) is 3. The third-order valence-electron chi connectivity index (χ3n) is 10.2. The molecule has 0 bridgehead atoms. The van der Waals surface area contributed by atoms with Crippen LogP contribution >= 0.6 is 15.6 Å². The van der Waals surface area contributed by atoms with Gasteiger partial charge in [-0.05, 0) is 18.9 Å². The lowest BCUT2D eigenvalue weighted by Crippen LogP contribution is -2.36. The molecule has 20 heteroatoms. The van der Waals surface area contributed by atoms with Gasteiger partial charge in [-0.2, -0.15) is 9.29 Å². The average Bonchev–Trinajstić information content (AvgIpc) is 3.47. The minimum absolute atomic E-state index is 0.0568. The molecule has 0 saturated carbocycles. The maximum absolute atomic E-state index is 12.8. The smallest absolute Gasteiger partial charge is 0.462 e. The van der Waals surface area contributed by atoms with Gasteiger partial charge in [-0.1, -0.05) is 142 Å². The SMILES string of the molecule is CCCCCCCCCCCCCC(=O)OC[C@H](COP(=O)(O)OP(=O)(O)OC[C@@H]1O[C@H](n2ccc(N)nc2=O)[C@@H](O)[C@H]1O)OC(=O)CCCCCCCCCCCCC. The predicted octanol–water partition coefficient (Wildman–Crippen LogP) is 7.55. The van der Waals surface area contributed by atoms with Crippen molar-refractivity contribution in [3.63, 3.8) is 0 Å². The van der Waals surface area contributed by atoms with Gasteiger partial charge in [0.05, 0.1) is 13.2 Å². The van der Waals surface area contributed by atoms with E-state index in [0.717, 1.165) is 62.1 Å². The van der Waals surface area contributed by atoms with Crippen molar-refractivity contribution in [1.82, 2.24) is 9.55 Å². The molecule has 2 heterocycles. The van der Waals surface area contributed by atoms with Crippen LogP contribution in [0.25, 0.3) is 0 Å². The summed E-state index contributed by atoms with van der Waals surface area (Å²) in [6.45, 7) is 2.12. The summed E-state index contributed by atoms with van der Waals surface area (Å²) in [6.07, 6.45) is 17.8. The molecule has 1 fully saturated rings. The first-order chi connectivity index (χ1) is 28.7. The third-order valence-corrected chi connectivity index (χ3v) is 12.8. The summed E-state index contributed by atoms with van der Waals surface area (Å²) in [4.78, 5) is 61.5. The number of hydrogen-bond acceptors (Lipinski definition) is 15. The number of aromatic nitrogens is 2. The van der Waals surface area contributed by atoms with Gasteiger partial charge in [-0.3, -0.25) is 23.2 Å². The maximum atomic E-state index is 12.8. The minimum Gasteiger partial charge on any atom is -0.462 e. The molecule has 348 valence electrons. The highest BCUT2D eigenvalue weighted by Crippen LogP contribution is 2.60. The van der Waals surface area contributed by atoms with Crippen molar-refractivity contribution in [1.29, 1.82) is 0 Å². The Hall–Kier alpha value is -2.24. The van der Waals surface area contributed by atoms with Crippen molar-refractivity contribution in [3.05, 3.63) is 22.7 Å². The Bertz CT molecular complexity index is 1500. The van der Waals surface area contributed by atoms with Gasteiger partial charge in [0.1, 0.15) is 30.7 Å². The van der Waals surface area contributed by atoms with E-state index < -0.39 is 83.7 Å². The number of nitrogens with two attached hydrogens (primary N) is 1. The number of rotatable bonds is 36. The number of nitrogens with zero attached hydrogens (tertiary/aromatic N) is 2. The summed E-state index contributed by atoms with van der Waals surface area (Å²) in [5, 5.41) is 20.8. The van der Waals surface area contributed by atoms with Gasteiger partial charge >= 0.3 is 33.3 Å². The summed E-state index contributed by atoms with van der Waals surface area (Å²) in [7, 11) is -10.8. The van der Waals surface area contributed by atoms with Crippen molar-refractivity contribution in [2.24, 2.45) is 0 Å². The number of carbonyl (C=O) groups excluding carboxylic acids is 2. The first kappa shape index (κ1) is 53.9. The Morgan fingerprint density at radius 1 is 0.733 bits per heavy atom. The molecule has 0 spiro atoms. The Morgan fingerprint density at radius 3 is 1.70 bits per heavy atom. The molecule has 1 aromatic rings. The fourth-order valence-electron chi connectivity index (χ4n) is 6.72. The number of hydrogen-bond donors (Lipinski definition) is 5. The zero-order valence-electron chi connectivity index (χ0n) is 35.8. The number of carbonyl (C=O) groups is 2. The van der Waals surface area contributed by atoms with Crippen LogP contribution in [0.2, 0.25) is 0 Å². The minimum atomic E-state index is -5.41. The molecule has 0 aliphatic carbocycles. The van der Waals surface area contributed by atoms with E-state index in [4.69, 9.17) is 29.0 Å². The summed E-state index contributed by atoms with van der Waals surface area (Å²) in [6, 6.07) is 1.25. The van der Waals surface area contributed by atoms with E-state index in [1.807, 2.05) is 0 Å². The monoisotopic (exact) mass is 897 g/mol. The maximum Gasteiger partial charge on any atom is 0.481 e. The van der Waals surface area contributed by atoms with E-state index in [2.05, 4.69) is 23.1 Å². The van der Waals surface area contributed by atoms with Crippen LogP contribution < -0.4 is 11.4 Å². The van der Waals surface area contributed by atoms with E-state index in [9.17, 15) is 43.5 Å². The van der Waals surface area contributed by atoms with Gasteiger partial charge in [-0.25, -0.2) is 13.9 Å². The van der Waals surface area contributed by atoms with Gasteiger partial charge in [0.25, 0.3) is 0 Å². The summed E-state index contributed by atoms with van der Waals surface area (Å²) in [5.41, 5.74) is 4.57. The molecule has 7 atom stereocenters. The fraction of sp³-hybridized carbons (Fsp3) is 0.850. The summed E-state index contributed by atoms with van der Waals surface area (Å²) >= 11 is 0. The number of esters is 2. The van der Waals surface area contributed by atoms with Gasteiger partial charge in [-0.15, -0.1) is 0 Å². The predicted molar refractivity (Wildman–Crippen MR) is 224 cm³/mol. The number of unbranched alkanes of at least 4 members (excludes halogenated alkanes) is 20. The quantitative estimate of drug-likeness (QED) is 0.0247. The van der Waals surface area contributed by atoms with Crippen LogP contribution in [-0.4, -0.2) is 85.7 Å². The van der Waals surface area contributed by atoms with Crippen LogP contribution in [0.3, 0.4) is 0 Å². The summed E-state index contributed by atoms with van der Waals surface area (Å²) < 4.78 is 56.5. The van der Waals surface area contributed by atoms with Crippen LogP contribution in [0.15, 0.2) is 17.1 Å². The molecular formula is C40H73N3O15P2. The van der Waals surface area contributed by atoms with E-state index in [0.29, 0.717) is 12.8 Å². The largest absolute Gasteiger partial charge is 0.481 e. The summed E-state index contributed by atoms with van der Waals surface area (Å²) in [5.74, 6) is -1.29. The van der Waals surface area contributed by atoms with Crippen LogP contribution in [0.4, 0.5) is 5.82 Å².